The summed E-state index contributed by atoms with van der Waals surface area (Å²) >= 11 is 0. The number of halogens is 1. The number of pyridine rings is 1. The summed E-state index contributed by atoms with van der Waals surface area (Å²) in [7, 11) is 0. The highest BCUT2D eigenvalue weighted by molar-refractivity contribution is 5.92. The van der Waals surface area contributed by atoms with Crippen LogP contribution in [0.3, 0.4) is 0 Å². The lowest BCUT2D eigenvalue weighted by atomic mass is 10.1. The third-order valence-corrected chi connectivity index (χ3v) is 5.46. The summed E-state index contributed by atoms with van der Waals surface area (Å²) in [6.45, 7) is 2.71. The van der Waals surface area contributed by atoms with Crippen LogP contribution >= 0.6 is 0 Å². The SMILES string of the molecule is O=c1[nH]c2c(cc1CNCC1COCCO1)c(-c1ccc(F)cc1)nn2-c1ccccc1. The van der Waals surface area contributed by atoms with Gasteiger partial charge in [-0.05, 0) is 42.5 Å². The number of nitrogens with one attached hydrogen (secondary N) is 2. The van der Waals surface area contributed by atoms with Gasteiger partial charge < -0.3 is 19.8 Å². The van der Waals surface area contributed by atoms with Crippen molar-refractivity contribution in [1.29, 1.82) is 0 Å². The van der Waals surface area contributed by atoms with Crippen LogP contribution in [-0.4, -0.2) is 47.2 Å². The smallest absolute Gasteiger partial charge is 0.254 e. The summed E-state index contributed by atoms with van der Waals surface area (Å²) in [4.78, 5) is 15.8. The molecular formula is C24H23FN4O3. The van der Waals surface area contributed by atoms with Crippen molar-refractivity contribution in [2.45, 2.75) is 12.6 Å². The van der Waals surface area contributed by atoms with Gasteiger partial charge in [-0.1, -0.05) is 18.2 Å². The maximum atomic E-state index is 13.5. The first-order valence-electron chi connectivity index (χ1n) is 10.6. The average Bonchev–Trinajstić information content (AvgIpc) is 3.19. The molecule has 1 fully saturated rings. The lowest BCUT2D eigenvalue weighted by Gasteiger charge is -2.23. The van der Waals surface area contributed by atoms with E-state index in [0.717, 1.165) is 16.6 Å². The lowest BCUT2D eigenvalue weighted by Crippen LogP contribution is -2.37. The Kier molecular flexibility index (Phi) is 5.81. The van der Waals surface area contributed by atoms with Crippen molar-refractivity contribution in [3.8, 4) is 16.9 Å². The number of hydrogen-bond acceptors (Lipinski definition) is 5. The molecule has 0 amide bonds. The minimum atomic E-state index is -0.312. The summed E-state index contributed by atoms with van der Waals surface area (Å²) in [5, 5.41) is 8.83. The molecule has 0 spiro atoms. The molecule has 1 atom stereocenters. The molecule has 8 heteroatoms. The minimum Gasteiger partial charge on any atom is -0.376 e. The molecule has 2 N–H and O–H groups in total. The van der Waals surface area contributed by atoms with Crippen LogP contribution in [0.15, 0.2) is 65.5 Å². The molecule has 0 radical (unpaired) electrons. The van der Waals surface area contributed by atoms with Gasteiger partial charge in [-0.25, -0.2) is 9.07 Å². The third-order valence-electron chi connectivity index (χ3n) is 5.46. The number of para-hydroxylation sites is 1. The summed E-state index contributed by atoms with van der Waals surface area (Å²) in [6.07, 6.45) is -0.0258. The molecule has 0 saturated carbocycles. The average molecular weight is 434 g/mol. The van der Waals surface area contributed by atoms with Crippen molar-refractivity contribution in [1.82, 2.24) is 20.1 Å². The Morgan fingerprint density at radius 1 is 1.12 bits per heavy atom. The highest BCUT2D eigenvalue weighted by Gasteiger charge is 2.18. The second kappa shape index (κ2) is 9.04. The van der Waals surface area contributed by atoms with Gasteiger partial charge in [0.2, 0.25) is 0 Å². The molecule has 1 aliphatic rings. The van der Waals surface area contributed by atoms with Gasteiger partial charge in [0.25, 0.3) is 5.56 Å². The molecule has 1 saturated heterocycles. The summed E-state index contributed by atoms with van der Waals surface area (Å²) in [5.74, 6) is -0.312. The second-order valence-corrected chi connectivity index (χ2v) is 7.69. The summed E-state index contributed by atoms with van der Waals surface area (Å²) < 4.78 is 26.3. The van der Waals surface area contributed by atoms with Crippen LogP contribution in [0.5, 0.6) is 0 Å². The fraction of sp³-hybridized carbons (Fsp3) is 0.250. The minimum absolute atomic E-state index is 0.0258. The van der Waals surface area contributed by atoms with E-state index in [0.29, 0.717) is 49.8 Å². The highest BCUT2D eigenvalue weighted by Crippen LogP contribution is 2.29. The number of rotatable bonds is 6. The van der Waals surface area contributed by atoms with Gasteiger partial charge in [-0.15, -0.1) is 0 Å². The van der Waals surface area contributed by atoms with Gasteiger partial charge in [-0.3, -0.25) is 4.79 Å². The van der Waals surface area contributed by atoms with Gasteiger partial charge in [-0.2, -0.15) is 5.10 Å². The van der Waals surface area contributed by atoms with Crippen molar-refractivity contribution in [2.24, 2.45) is 0 Å². The van der Waals surface area contributed by atoms with Crippen molar-refractivity contribution in [3.05, 3.63) is 82.4 Å². The molecule has 0 bridgehead atoms. The molecule has 2 aromatic carbocycles. The molecular weight excluding hydrogens is 411 g/mol. The number of aromatic amines is 1. The quantitative estimate of drug-likeness (QED) is 0.488. The highest BCUT2D eigenvalue weighted by atomic mass is 19.1. The standard InChI is InChI=1S/C24H23FN4O3/c25-18-8-6-16(7-9-18)22-21-12-17(13-26-14-20-15-31-10-11-32-20)24(30)27-23(21)29(28-22)19-4-2-1-3-5-19/h1-9,12,20,26H,10-11,13-15H2,(H,27,30). The number of aromatic nitrogens is 3. The second-order valence-electron chi connectivity index (χ2n) is 7.69. The molecule has 5 rings (SSSR count). The zero-order valence-corrected chi connectivity index (χ0v) is 17.4. The number of H-pyrrole nitrogens is 1. The Bertz CT molecular complexity index is 1260. The van der Waals surface area contributed by atoms with Crippen LogP contribution in [0.1, 0.15) is 5.56 Å². The van der Waals surface area contributed by atoms with E-state index in [4.69, 9.17) is 14.6 Å². The van der Waals surface area contributed by atoms with Crippen LogP contribution in [0.4, 0.5) is 4.39 Å². The fourth-order valence-corrected chi connectivity index (χ4v) is 3.85. The molecule has 32 heavy (non-hydrogen) atoms. The summed E-state index contributed by atoms with van der Waals surface area (Å²) in [6, 6.07) is 17.6. The van der Waals surface area contributed by atoms with E-state index < -0.39 is 0 Å². The monoisotopic (exact) mass is 434 g/mol. The van der Waals surface area contributed by atoms with E-state index in [1.165, 1.54) is 12.1 Å². The number of benzene rings is 2. The largest absolute Gasteiger partial charge is 0.376 e. The van der Waals surface area contributed by atoms with Crippen LogP contribution < -0.4 is 10.9 Å². The van der Waals surface area contributed by atoms with E-state index in [2.05, 4.69) is 10.3 Å². The zero-order valence-electron chi connectivity index (χ0n) is 17.4. The van der Waals surface area contributed by atoms with Crippen LogP contribution in [0.25, 0.3) is 28.0 Å². The van der Waals surface area contributed by atoms with E-state index >= 15 is 0 Å². The normalized spacial score (nSPS) is 16.5. The van der Waals surface area contributed by atoms with Gasteiger partial charge in [0.1, 0.15) is 17.2 Å². The van der Waals surface area contributed by atoms with E-state index in [-0.39, 0.29) is 17.5 Å². The Morgan fingerprint density at radius 3 is 2.69 bits per heavy atom. The Hall–Kier alpha value is -3.33. The van der Waals surface area contributed by atoms with Crippen molar-refractivity contribution >= 4 is 11.0 Å². The van der Waals surface area contributed by atoms with Crippen LogP contribution in [0.2, 0.25) is 0 Å². The first-order valence-corrected chi connectivity index (χ1v) is 10.6. The Labute approximate surface area is 183 Å². The molecule has 7 nitrogen and oxygen atoms in total. The number of ether oxygens (including phenoxy) is 2. The topological polar surface area (TPSA) is 81.2 Å². The van der Waals surface area contributed by atoms with Crippen LogP contribution in [-0.2, 0) is 16.0 Å². The predicted molar refractivity (Wildman–Crippen MR) is 119 cm³/mol. The molecule has 1 aliphatic heterocycles. The third kappa shape index (κ3) is 4.20. The van der Waals surface area contributed by atoms with Gasteiger partial charge in [0.05, 0.1) is 31.6 Å². The molecule has 2 aromatic heterocycles. The van der Waals surface area contributed by atoms with Crippen molar-refractivity contribution in [2.75, 3.05) is 26.4 Å². The first-order chi connectivity index (χ1) is 15.7. The van der Waals surface area contributed by atoms with E-state index in [9.17, 15) is 9.18 Å². The predicted octanol–water partition coefficient (Wildman–Crippen LogP) is 3.02. The maximum Gasteiger partial charge on any atom is 0.254 e. The van der Waals surface area contributed by atoms with Gasteiger partial charge in [0, 0.05) is 29.6 Å². The fourth-order valence-electron chi connectivity index (χ4n) is 3.85. The first kappa shape index (κ1) is 20.6. The van der Waals surface area contributed by atoms with E-state index in [1.54, 1.807) is 16.8 Å². The number of nitrogens with zero attached hydrogens (tertiary/aromatic N) is 2. The number of hydrogen-bond donors (Lipinski definition) is 2. The number of fused-ring (bicyclic) bond motifs is 1. The molecule has 4 aromatic rings. The molecule has 1 unspecified atom stereocenters. The molecule has 164 valence electrons. The van der Waals surface area contributed by atoms with Crippen molar-refractivity contribution < 1.29 is 13.9 Å². The lowest BCUT2D eigenvalue weighted by molar-refractivity contribution is -0.0864. The molecule has 0 aliphatic carbocycles. The Balaban J connectivity index is 1.53. The van der Waals surface area contributed by atoms with Gasteiger partial charge >= 0.3 is 0 Å². The van der Waals surface area contributed by atoms with Crippen LogP contribution in [0, 0.1) is 5.82 Å². The Morgan fingerprint density at radius 2 is 1.94 bits per heavy atom. The van der Waals surface area contributed by atoms with E-state index in [1.807, 2.05) is 36.4 Å². The zero-order chi connectivity index (χ0) is 21.9. The summed E-state index contributed by atoms with van der Waals surface area (Å²) in [5.41, 5.74) is 3.25. The van der Waals surface area contributed by atoms with Crippen molar-refractivity contribution in [3.63, 3.8) is 0 Å². The maximum absolute atomic E-state index is 13.5. The molecule has 3 heterocycles. The van der Waals surface area contributed by atoms with Gasteiger partial charge in [0.15, 0.2) is 0 Å².